The fourth-order valence-corrected chi connectivity index (χ4v) is 4.96. The van der Waals surface area contributed by atoms with Gasteiger partial charge in [-0.2, -0.15) is 0 Å². The van der Waals surface area contributed by atoms with Gasteiger partial charge >= 0.3 is 0 Å². The zero-order chi connectivity index (χ0) is 23.8. The van der Waals surface area contributed by atoms with Crippen molar-refractivity contribution in [3.05, 3.63) is 60.2 Å². The van der Waals surface area contributed by atoms with Gasteiger partial charge in [0.25, 0.3) is 0 Å². The molecule has 2 aromatic carbocycles. The Morgan fingerprint density at radius 3 is 2.53 bits per heavy atom. The molecule has 0 radical (unpaired) electrons. The number of ether oxygens (including phenoxy) is 1. The Bertz CT molecular complexity index is 941. The number of hydrogen-bond donors (Lipinski definition) is 1. The summed E-state index contributed by atoms with van der Waals surface area (Å²) in [5, 5.41) is 2.99. The second-order valence-corrected chi connectivity index (χ2v) is 9.58. The lowest BCUT2D eigenvalue weighted by Gasteiger charge is -2.33. The van der Waals surface area contributed by atoms with Crippen LogP contribution in [-0.2, 0) is 16.0 Å². The van der Waals surface area contributed by atoms with E-state index < -0.39 is 0 Å². The normalized spacial score (nSPS) is 18.7. The molecule has 34 heavy (non-hydrogen) atoms. The predicted octanol–water partition coefficient (Wildman–Crippen LogP) is 4.04. The highest BCUT2D eigenvalue weighted by atomic mass is 16.5. The van der Waals surface area contributed by atoms with Gasteiger partial charge in [-0.3, -0.25) is 9.59 Å². The molecule has 1 atom stereocenters. The summed E-state index contributed by atoms with van der Waals surface area (Å²) in [4.78, 5) is 29.3. The van der Waals surface area contributed by atoms with Crippen LogP contribution in [0, 0.1) is 5.92 Å². The SMILES string of the molecule is C[C@H]1CN(C(=O)CCC(=O)NCCCN2CCC(Cc3ccccc3)CC2)c2ccccc2O1. The van der Waals surface area contributed by atoms with Crippen molar-refractivity contribution in [1.82, 2.24) is 10.2 Å². The molecule has 6 heteroatoms. The standard InChI is InChI=1S/C28H37N3O3/c1-22-21-31(25-10-5-6-11-26(25)34-22)28(33)13-12-27(32)29-16-7-17-30-18-14-24(15-19-30)20-23-8-3-2-4-9-23/h2-6,8-11,22,24H,7,12-21H2,1H3,(H,29,32)/t22-/m0/s1. The summed E-state index contributed by atoms with van der Waals surface area (Å²) >= 11 is 0. The van der Waals surface area contributed by atoms with E-state index in [1.54, 1.807) is 4.90 Å². The number of nitrogens with one attached hydrogen (secondary N) is 1. The van der Waals surface area contributed by atoms with E-state index in [2.05, 4.69) is 40.5 Å². The van der Waals surface area contributed by atoms with Crippen LogP contribution in [0.15, 0.2) is 54.6 Å². The van der Waals surface area contributed by atoms with Crippen LogP contribution in [-0.4, -0.2) is 55.5 Å². The molecule has 0 saturated carbocycles. The fraction of sp³-hybridized carbons (Fsp3) is 0.500. The molecular formula is C28H37N3O3. The first kappa shape index (κ1) is 24.3. The quantitative estimate of drug-likeness (QED) is 0.570. The van der Waals surface area contributed by atoms with Crippen LogP contribution in [0.1, 0.15) is 44.6 Å². The molecule has 4 rings (SSSR count). The van der Waals surface area contributed by atoms with Crippen molar-refractivity contribution in [2.45, 2.75) is 51.6 Å². The Kier molecular flexibility index (Phi) is 8.58. The first-order valence-electron chi connectivity index (χ1n) is 12.7. The van der Waals surface area contributed by atoms with Gasteiger partial charge in [0.05, 0.1) is 12.2 Å². The Morgan fingerprint density at radius 1 is 1.00 bits per heavy atom. The minimum Gasteiger partial charge on any atom is -0.487 e. The number of carbonyl (C=O) groups is 2. The highest BCUT2D eigenvalue weighted by molar-refractivity contribution is 5.97. The number of likely N-dealkylation sites (tertiary alicyclic amines) is 1. The van der Waals surface area contributed by atoms with Gasteiger partial charge in [0.15, 0.2) is 0 Å². The summed E-state index contributed by atoms with van der Waals surface area (Å²) in [5.74, 6) is 1.42. The van der Waals surface area contributed by atoms with E-state index in [-0.39, 0.29) is 30.8 Å². The number of rotatable bonds is 9. The molecule has 0 unspecified atom stereocenters. The first-order valence-corrected chi connectivity index (χ1v) is 12.7. The summed E-state index contributed by atoms with van der Waals surface area (Å²) < 4.78 is 5.81. The first-order chi connectivity index (χ1) is 16.6. The maximum atomic E-state index is 12.8. The molecule has 2 aliphatic heterocycles. The van der Waals surface area contributed by atoms with Crippen molar-refractivity contribution in [3.63, 3.8) is 0 Å². The zero-order valence-corrected chi connectivity index (χ0v) is 20.2. The van der Waals surface area contributed by atoms with Gasteiger partial charge < -0.3 is 19.9 Å². The van der Waals surface area contributed by atoms with Crippen LogP contribution in [0.4, 0.5) is 5.69 Å². The number of fused-ring (bicyclic) bond motifs is 1. The Balaban J connectivity index is 1.09. The predicted molar refractivity (Wildman–Crippen MR) is 135 cm³/mol. The van der Waals surface area contributed by atoms with Crippen molar-refractivity contribution in [2.75, 3.05) is 37.6 Å². The van der Waals surface area contributed by atoms with Gasteiger partial charge in [0.2, 0.25) is 11.8 Å². The molecule has 0 bridgehead atoms. The van der Waals surface area contributed by atoms with Crippen LogP contribution in [0.25, 0.3) is 0 Å². The van der Waals surface area contributed by atoms with E-state index in [9.17, 15) is 9.59 Å². The van der Waals surface area contributed by atoms with Gasteiger partial charge in [-0.1, -0.05) is 42.5 Å². The second kappa shape index (κ2) is 12.0. The van der Waals surface area contributed by atoms with Crippen LogP contribution < -0.4 is 15.0 Å². The molecule has 6 nitrogen and oxygen atoms in total. The molecule has 182 valence electrons. The molecule has 0 aliphatic carbocycles. The topological polar surface area (TPSA) is 61.9 Å². The smallest absolute Gasteiger partial charge is 0.227 e. The van der Waals surface area contributed by atoms with Crippen LogP contribution in [0.5, 0.6) is 5.75 Å². The van der Waals surface area contributed by atoms with E-state index in [0.717, 1.165) is 43.4 Å². The molecule has 2 aliphatic rings. The third kappa shape index (κ3) is 6.83. The molecule has 1 N–H and O–H groups in total. The van der Waals surface area contributed by atoms with E-state index in [1.165, 1.54) is 24.8 Å². The zero-order valence-electron chi connectivity index (χ0n) is 20.2. The van der Waals surface area contributed by atoms with E-state index >= 15 is 0 Å². The second-order valence-electron chi connectivity index (χ2n) is 9.58. The van der Waals surface area contributed by atoms with Crippen LogP contribution in [0.2, 0.25) is 0 Å². The summed E-state index contributed by atoms with van der Waals surface area (Å²) in [6.45, 7) is 6.42. The molecule has 2 amide bonds. The van der Waals surface area contributed by atoms with Gasteiger partial charge in [-0.25, -0.2) is 0 Å². The molecular weight excluding hydrogens is 426 g/mol. The minimum atomic E-state index is -0.0592. The Hall–Kier alpha value is -2.86. The highest BCUT2D eigenvalue weighted by Gasteiger charge is 2.27. The minimum absolute atomic E-state index is 0.0314. The average Bonchev–Trinajstić information content (AvgIpc) is 2.86. The van der Waals surface area contributed by atoms with Crippen molar-refractivity contribution in [3.8, 4) is 5.75 Å². The van der Waals surface area contributed by atoms with E-state index in [4.69, 9.17) is 4.74 Å². The highest BCUT2D eigenvalue weighted by Crippen LogP contribution is 2.33. The third-order valence-corrected chi connectivity index (χ3v) is 6.84. The summed E-state index contributed by atoms with van der Waals surface area (Å²) in [6, 6.07) is 18.3. The average molecular weight is 464 g/mol. The number of benzene rings is 2. The van der Waals surface area contributed by atoms with Gasteiger partial charge in [-0.05, 0) is 75.9 Å². The summed E-state index contributed by atoms with van der Waals surface area (Å²) in [5.41, 5.74) is 2.23. The number of nitrogens with zero attached hydrogens (tertiary/aromatic N) is 2. The summed E-state index contributed by atoms with van der Waals surface area (Å²) in [7, 11) is 0. The number of carbonyl (C=O) groups excluding carboxylic acids is 2. The van der Waals surface area contributed by atoms with Crippen LogP contribution >= 0.6 is 0 Å². The van der Waals surface area contributed by atoms with Gasteiger partial charge in [-0.15, -0.1) is 0 Å². The van der Waals surface area contributed by atoms with Crippen molar-refractivity contribution in [2.24, 2.45) is 5.92 Å². The lowest BCUT2D eigenvalue weighted by atomic mass is 9.90. The van der Waals surface area contributed by atoms with E-state index in [0.29, 0.717) is 13.1 Å². The lowest BCUT2D eigenvalue weighted by molar-refractivity contribution is -0.125. The molecule has 0 aromatic heterocycles. The van der Waals surface area contributed by atoms with Crippen molar-refractivity contribution >= 4 is 17.5 Å². The van der Waals surface area contributed by atoms with Gasteiger partial charge in [0, 0.05) is 19.4 Å². The maximum absolute atomic E-state index is 12.8. The molecule has 2 heterocycles. The van der Waals surface area contributed by atoms with Crippen molar-refractivity contribution < 1.29 is 14.3 Å². The molecule has 0 spiro atoms. The largest absolute Gasteiger partial charge is 0.487 e. The molecule has 1 fully saturated rings. The lowest BCUT2D eigenvalue weighted by Crippen LogP contribution is -2.42. The monoisotopic (exact) mass is 463 g/mol. The van der Waals surface area contributed by atoms with Crippen molar-refractivity contribution in [1.29, 1.82) is 0 Å². The van der Waals surface area contributed by atoms with E-state index in [1.807, 2.05) is 31.2 Å². The number of para-hydroxylation sites is 2. The molecule has 2 aromatic rings. The Labute approximate surface area is 203 Å². The van der Waals surface area contributed by atoms with Crippen LogP contribution in [0.3, 0.4) is 0 Å². The molecule has 1 saturated heterocycles. The number of amides is 2. The Morgan fingerprint density at radius 2 is 1.74 bits per heavy atom. The maximum Gasteiger partial charge on any atom is 0.227 e. The fourth-order valence-electron chi connectivity index (χ4n) is 4.96. The third-order valence-electron chi connectivity index (χ3n) is 6.84. The van der Waals surface area contributed by atoms with Gasteiger partial charge in [0.1, 0.15) is 11.9 Å². The number of hydrogen-bond acceptors (Lipinski definition) is 4. The summed E-state index contributed by atoms with van der Waals surface area (Å²) in [6.07, 6.45) is 4.98. The number of piperidine rings is 1. The number of anilines is 1.